The molecule has 0 saturated heterocycles. The summed E-state index contributed by atoms with van der Waals surface area (Å²) in [5, 5.41) is 5.19. The molecule has 0 aliphatic heterocycles. The molecule has 0 fully saturated rings. The Morgan fingerprint density at radius 2 is 1.64 bits per heavy atom. The first kappa shape index (κ1) is 15.4. The van der Waals surface area contributed by atoms with Crippen LogP contribution in [0.5, 0.6) is 5.75 Å². The van der Waals surface area contributed by atoms with E-state index in [1.54, 1.807) is 7.11 Å². The molecule has 0 saturated carbocycles. The lowest BCUT2D eigenvalue weighted by Crippen LogP contribution is -1.93. The topological polar surface area (TPSA) is 48.2 Å². The van der Waals surface area contributed by atoms with Gasteiger partial charge >= 0.3 is 0 Å². The zero-order valence-electron chi connectivity index (χ0n) is 14.2. The Bertz CT molecular complexity index is 1010. The number of benzene rings is 2. The van der Waals surface area contributed by atoms with E-state index in [0.717, 1.165) is 45.6 Å². The van der Waals surface area contributed by atoms with Crippen molar-refractivity contribution in [3.05, 3.63) is 66.2 Å². The Labute approximate surface area is 146 Å². The highest BCUT2D eigenvalue weighted by molar-refractivity contribution is 5.91. The molecule has 0 aliphatic carbocycles. The predicted molar refractivity (Wildman–Crippen MR) is 98.6 cm³/mol. The quantitative estimate of drug-likeness (QED) is 0.520. The summed E-state index contributed by atoms with van der Waals surface area (Å²) in [6, 6.07) is 20.1. The zero-order valence-corrected chi connectivity index (χ0v) is 14.2. The molecule has 4 rings (SSSR count). The number of hydrogen-bond acceptors (Lipinski definition) is 4. The second-order valence-corrected chi connectivity index (χ2v) is 5.83. The van der Waals surface area contributed by atoms with Crippen molar-refractivity contribution in [3.8, 4) is 28.3 Å². The van der Waals surface area contributed by atoms with Crippen molar-refractivity contribution in [3.63, 3.8) is 0 Å². The average molecular weight is 330 g/mol. The van der Waals surface area contributed by atoms with Crippen molar-refractivity contribution in [2.45, 2.75) is 13.3 Å². The van der Waals surface area contributed by atoms with Crippen LogP contribution in [-0.2, 0) is 6.42 Å². The summed E-state index contributed by atoms with van der Waals surface area (Å²) in [7, 11) is 1.66. The molecule has 2 aromatic carbocycles. The van der Waals surface area contributed by atoms with Gasteiger partial charge in [0.1, 0.15) is 11.4 Å². The van der Waals surface area contributed by atoms with Crippen molar-refractivity contribution < 1.29 is 9.26 Å². The van der Waals surface area contributed by atoms with E-state index >= 15 is 0 Å². The molecule has 0 aliphatic rings. The molecule has 0 atom stereocenters. The highest BCUT2D eigenvalue weighted by Crippen LogP contribution is 2.32. The minimum atomic E-state index is 0.557. The number of methoxy groups -OCH3 is 1. The van der Waals surface area contributed by atoms with E-state index in [0.29, 0.717) is 5.71 Å². The number of nitrogens with zero attached hydrogens (tertiary/aromatic N) is 2. The standard InChI is InChI=1S/C21H18N2O2/c1-3-14-13-18-20(15-7-5-4-6-8-15)23-25-21(18)22-19(14)16-9-11-17(24-2)12-10-16/h4-13H,3H2,1-2H3. The van der Waals surface area contributed by atoms with Crippen LogP contribution in [0, 0.1) is 0 Å². The molecular weight excluding hydrogens is 312 g/mol. The van der Waals surface area contributed by atoms with Crippen molar-refractivity contribution in [2.75, 3.05) is 7.11 Å². The Morgan fingerprint density at radius 3 is 2.32 bits per heavy atom. The Morgan fingerprint density at radius 1 is 0.920 bits per heavy atom. The molecule has 0 radical (unpaired) electrons. The molecule has 4 heteroatoms. The van der Waals surface area contributed by atoms with Gasteiger partial charge < -0.3 is 9.26 Å². The van der Waals surface area contributed by atoms with Gasteiger partial charge in [-0.3, -0.25) is 0 Å². The summed E-state index contributed by atoms with van der Waals surface area (Å²) >= 11 is 0. The maximum Gasteiger partial charge on any atom is 0.258 e. The summed E-state index contributed by atoms with van der Waals surface area (Å²) in [4.78, 5) is 4.75. The molecule has 0 N–H and O–H groups in total. The summed E-state index contributed by atoms with van der Waals surface area (Å²) < 4.78 is 10.8. The number of pyridine rings is 1. The first-order chi connectivity index (χ1) is 12.3. The van der Waals surface area contributed by atoms with Crippen LogP contribution in [0.15, 0.2) is 65.2 Å². The normalized spacial score (nSPS) is 11.0. The second-order valence-electron chi connectivity index (χ2n) is 5.83. The lowest BCUT2D eigenvalue weighted by Gasteiger charge is -2.08. The van der Waals surface area contributed by atoms with Crippen LogP contribution in [-0.4, -0.2) is 17.3 Å². The Kier molecular flexibility index (Phi) is 3.94. The van der Waals surface area contributed by atoms with Crippen LogP contribution in [0.3, 0.4) is 0 Å². The van der Waals surface area contributed by atoms with E-state index < -0.39 is 0 Å². The monoisotopic (exact) mass is 330 g/mol. The third kappa shape index (κ3) is 2.76. The van der Waals surface area contributed by atoms with E-state index in [4.69, 9.17) is 14.2 Å². The van der Waals surface area contributed by atoms with Gasteiger partial charge in [-0.2, -0.15) is 0 Å². The van der Waals surface area contributed by atoms with Crippen molar-refractivity contribution in [2.24, 2.45) is 0 Å². The Balaban J connectivity index is 1.87. The van der Waals surface area contributed by atoms with Gasteiger partial charge in [-0.05, 0) is 42.3 Å². The number of ether oxygens (including phenoxy) is 1. The van der Waals surface area contributed by atoms with Gasteiger partial charge in [-0.15, -0.1) is 0 Å². The average Bonchev–Trinajstić information content (AvgIpc) is 3.10. The van der Waals surface area contributed by atoms with Gasteiger partial charge in [0, 0.05) is 11.1 Å². The van der Waals surface area contributed by atoms with Gasteiger partial charge in [-0.1, -0.05) is 42.4 Å². The maximum atomic E-state index is 5.52. The Hall–Kier alpha value is -3.14. The number of aryl methyl sites for hydroxylation is 1. The van der Waals surface area contributed by atoms with Gasteiger partial charge in [0.15, 0.2) is 0 Å². The van der Waals surface area contributed by atoms with E-state index in [1.807, 2.05) is 54.6 Å². The van der Waals surface area contributed by atoms with Crippen LogP contribution < -0.4 is 4.74 Å². The van der Waals surface area contributed by atoms with Gasteiger partial charge in [0.05, 0.1) is 18.2 Å². The van der Waals surface area contributed by atoms with Gasteiger partial charge in [0.2, 0.25) is 0 Å². The number of rotatable bonds is 4. The molecule has 4 nitrogen and oxygen atoms in total. The fourth-order valence-electron chi connectivity index (χ4n) is 2.99. The molecule has 0 bridgehead atoms. The smallest absolute Gasteiger partial charge is 0.258 e. The van der Waals surface area contributed by atoms with Crippen LogP contribution >= 0.6 is 0 Å². The minimum Gasteiger partial charge on any atom is -0.497 e. The minimum absolute atomic E-state index is 0.557. The number of hydrogen-bond donors (Lipinski definition) is 0. The first-order valence-corrected chi connectivity index (χ1v) is 8.29. The molecule has 0 unspecified atom stereocenters. The van der Waals surface area contributed by atoms with Crippen molar-refractivity contribution in [1.29, 1.82) is 0 Å². The van der Waals surface area contributed by atoms with Crippen LogP contribution in [0.25, 0.3) is 33.6 Å². The summed E-state index contributed by atoms with van der Waals surface area (Å²) in [5.74, 6) is 0.828. The van der Waals surface area contributed by atoms with E-state index in [1.165, 1.54) is 0 Å². The number of fused-ring (bicyclic) bond motifs is 1. The lowest BCUT2D eigenvalue weighted by atomic mass is 10.0. The molecule has 0 spiro atoms. The van der Waals surface area contributed by atoms with Crippen LogP contribution in [0.2, 0.25) is 0 Å². The SMILES string of the molecule is CCc1cc2c(-c3ccccc3)noc2nc1-c1ccc(OC)cc1. The van der Waals surface area contributed by atoms with Crippen LogP contribution in [0.4, 0.5) is 0 Å². The summed E-state index contributed by atoms with van der Waals surface area (Å²) in [6.45, 7) is 2.13. The maximum absolute atomic E-state index is 5.52. The molecular formula is C21H18N2O2. The highest BCUT2D eigenvalue weighted by atomic mass is 16.5. The van der Waals surface area contributed by atoms with Gasteiger partial charge in [-0.25, -0.2) is 4.98 Å². The number of aromatic nitrogens is 2. The third-order valence-electron chi connectivity index (χ3n) is 4.34. The molecule has 124 valence electrons. The van der Waals surface area contributed by atoms with E-state index in [2.05, 4.69) is 18.1 Å². The second kappa shape index (κ2) is 6.40. The molecule has 2 aromatic heterocycles. The zero-order chi connectivity index (χ0) is 17.2. The largest absolute Gasteiger partial charge is 0.497 e. The molecule has 4 aromatic rings. The summed E-state index contributed by atoms with van der Waals surface area (Å²) in [5.41, 5.74) is 5.55. The summed E-state index contributed by atoms with van der Waals surface area (Å²) in [6.07, 6.45) is 0.879. The van der Waals surface area contributed by atoms with Crippen molar-refractivity contribution >= 4 is 11.1 Å². The molecule has 25 heavy (non-hydrogen) atoms. The molecule has 2 heterocycles. The third-order valence-corrected chi connectivity index (χ3v) is 4.34. The predicted octanol–water partition coefficient (Wildman–Crippen LogP) is 5.13. The molecule has 0 amide bonds. The fourth-order valence-corrected chi connectivity index (χ4v) is 2.99. The highest BCUT2D eigenvalue weighted by Gasteiger charge is 2.16. The van der Waals surface area contributed by atoms with Crippen LogP contribution in [0.1, 0.15) is 12.5 Å². The van der Waals surface area contributed by atoms with Gasteiger partial charge in [0.25, 0.3) is 5.71 Å². The van der Waals surface area contributed by atoms with E-state index in [9.17, 15) is 0 Å². The lowest BCUT2D eigenvalue weighted by molar-refractivity contribution is 0.415. The van der Waals surface area contributed by atoms with E-state index in [-0.39, 0.29) is 0 Å². The van der Waals surface area contributed by atoms with Crippen molar-refractivity contribution in [1.82, 2.24) is 10.1 Å². The fraction of sp³-hybridized carbons (Fsp3) is 0.143. The first-order valence-electron chi connectivity index (χ1n) is 8.29.